The Hall–Kier alpha value is -0.370. The molecule has 1 saturated heterocycles. The largest absolute Gasteiger partial charge is 0.313 e. The number of fused-ring (bicyclic) bond motifs is 1. The number of carbonyl (C=O) groups is 1. The molecule has 0 aromatic carbocycles. The number of hydrogen-bond donors (Lipinski definition) is 1. The second kappa shape index (κ2) is 1.81. The first kappa shape index (κ1) is 5.42. The molecule has 0 amide bonds. The van der Waals surface area contributed by atoms with Gasteiger partial charge in [-0.3, -0.25) is 4.79 Å². The molecule has 0 aromatic heterocycles. The summed E-state index contributed by atoms with van der Waals surface area (Å²) in [5.74, 6) is 0.892. The standard InChI is InChI=1S/C7H11NO/c9-7-3-4-8-6-2-1-5(6)7/h5-6,8H,1-4H2/t5-,6+/m0/s1. The maximum Gasteiger partial charge on any atom is 0.138 e. The molecule has 0 aromatic rings. The summed E-state index contributed by atoms with van der Waals surface area (Å²) in [6.45, 7) is 0.917. The molecule has 9 heavy (non-hydrogen) atoms. The van der Waals surface area contributed by atoms with E-state index in [4.69, 9.17) is 0 Å². The van der Waals surface area contributed by atoms with E-state index in [1.54, 1.807) is 0 Å². The number of rotatable bonds is 0. The molecule has 1 N–H and O–H groups in total. The van der Waals surface area contributed by atoms with Crippen molar-refractivity contribution >= 4 is 5.78 Å². The third-order valence-electron chi connectivity index (χ3n) is 2.47. The van der Waals surface area contributed by atoms with Crippen LogP contribution in [0.4, 0.5) is 0 Å². The van der Waals surface area contributed by atoms with Gasteiger partial charge in [0.1, 0.15) is 5.78 Å². The van der Waals surface area contributed by atoms with E-state index in [1.807, 2.05) is 0 Å². The average Bonchev–Trinajstić information content (AvgIpc) is 1.74. The van der Waals surface area contributed by atoms with Gasteiger partial charge in [-0.15, -0.1) is 0 Å². The van der Waals surface area contributed by atoms with Crippen molar-refractivity contribution < 1.29 is 4.79 Å². The highest BCUT2D eigenvalue weighted by molar-refractivity contribution is 5.83. The highest BCUT2D eigenvalue weighted by atomic mass is 16.1. The lowest BCUT2D eigenvalue weighted by atomic mass is 9.74. The molecule has 2 rings (SSSR count). The van der Waals surface area contributed by atoms with Gasteiger partial charge < -0.3 is 5.32 Å². The molecule has 2 aliphatic rings. The molecule has 0 bridgehead atoms. The first-order valence-corrected chi connectivity index (χ1v) is 3.64. The van der Waals surface area contributed by atoms with Gasteiger partial charge in [-0.05, 0) is 12.8 Å². The number of carbonyl (C=O) groups excluding carboxylic acids is 1. The average molecular weight is 125 g/mol. The van der Waals surface area contributed by atoms with Gasteiger partial charge in [-0.1, -0.05) is 0 Å². The van der Waals surface area contributed by atoms with Crippen LogP contribution < -0.4 is 5.32 Å². The van der Waals surface area contributed by atoms with Crippen LogP contribution in [0.3, 0.4) is 0 Å². The van der Waals surface area contributed by atoms with Gasteiger partial charge in [-0.25, -0.2) is 0 Å². The van der Waals surface area contributed by atoms with Crippen LogP contribution in [-0.2, 0) is 4.79 Å². The van der Waals surface area contributed by atoms with E-state index < -0.39 is 0 Å². The monoisotopic (exact) mass is 125 g/mol. The molecule has 1 aliphatic heterocycles. The predicted octanol–water partition coefficient (Wildman–Crippen LogP) is 0.327. The summed E-state index contributed by atoms with van der Waals surface area (Å²) >= 11 is 0. The number of piperidine rings is 1. The van der Waals surface area contributed by atoms with E-state index in [2.05, 4.69) is 5.32 Å². The van der Waals surface area contributed by atoms with Gasteiger partial charge in [0.05, 0.1) is 0 Å². The second-order valence-electron chi connectivity index (χ2n) is 2.96. The van der Waals surface area contributed by atoms with Crippen molar-refractivity contribution in [2.45, 2.75) is 25.3 Å². The summed E-state index contributed by atoms with van der Waals surface area (Å²) in [6, 6.07) is 0.561. The van der Waals surface area contributed by atoms with E-state index in [-0.39, 0.29) is 0 Å². The van der Waals surface area contributed by atoms with Crippen LogP contribution >= 0.6 is 0 Å². The van der Waals surface area contributed by atoms with Crippen LogP contribution in [0.5, 0.6) is 0 Å². The lowest BCUT2D eigenvalue weighted by Crippen LogP contribution is -2.52. The molecule has 2 nitrogen and oxygen atoms in total. The summed E-state index contributed by atoms with van der Waals surface area (Å²) in [6.07, 6.45) is 3.12. The molecular weight excluding hydrogens is 114 g/mol. The third kappa shape index (κ3) is 0.697. The highest BCUT2D eigenvalue weighted by Gasteiger charge is 2.38. The van der Waals surface area contributed by atoms with Crippen LogP contribution in [0.15, 0.2) is 0 Å². The Morgan fingerprint density at radius 2 is 2.33 bits per heavy atom. The third-order valence-corrected chi connectivity index (χ3v) is 2.47. The maximum absolute atomic E-state index is 11.0. The quantitative estimate of drug-likeness (QED) is 0.505. The lowest BCUT2D eigenvalue weighted by Gasteiger charge is -2.39. The zero-order valence-electron chi connectivity index (χ0n) is 5.39. The molecule has 2 fully saturated rings. The van der Waals surface area contributed by atoms with Crippen molar-refractivity contribution in [3.8, 4) is 0 Å². The van der Waals surface area contributed by atoms with Crippen LogP contribution in [-0.4, -0.2) is 18.4 Å². The van der Waals surface area contributed by atoms with Crippen molar-refractivity contribution in [1.82, 2.24) is 5.32 Å². The van der Waals surface area contributed by atoms with E-state index >= 15 is 0 Å². The van der Waals surface area contributed by atoms with Gasteiger partial charge in [0.2, 0.25) is 0 Å². The summed E-state index contributed by atoms with van der Waals surface area (Å²) < 4.78 is 0. The molecular formula is C7H11NO. The Labute approximate surface area is 54.6 Å². The SMILES string of the molecule is O=C1CCN[C@@H]2CC[C@H]12. The van der Waals surface area contributed by atoms with Crippen LogP contribution in [0.1, 0.15) is 19.3 Å². The van der Waals surface area contributed by atoms with Gasteiger partial charge in [0, 0.05) is 24.9 Å². The summed E-state index contributed by atoms with van der Waals surface area (Å²) in [5.41, 5.74) is 0. The Morgan fingerprint density at radius 1 is 1.44 bits per heavy atom. The Bertz CT molecular complexity index is 144. The molecule has 2 heteroatoms. The molecule has 2 atom stereocenters. The topological polar surface area (TPSA) is 29.1 Å². The molecule has 0 spiro atoms. The zero-order chi connectivity index (χ0) is 6.27. The van der Waals surface area contributed by atoms with Crippen LogP contribution in [0.2, 0.25) is 0 Å². The lowest BCUT2D eigenvalue weighted by molar-refractivity contribution is -0.128. The van der Waals surface area contributed by atoms with Crippen molar-refractivity contribution in [1.29, 1.82) is 0 Å². The van der Waals surface area contributed by atoms with Crippen LogP contribution in [0.25, 0.3) is 0 Å². The summed E-state index contributed by atoms with van der Waals surface area (Å²) in [4.78, 5) is 11.0. The van der Waals surface area contributed by atoms with E-state index in [0.717, 1.165) is 19.4 Å². The molecule has 0 radical (unpaired) electrons. The normalized spacial score (nSPS) is 41.6. The first-order chi connectivity index (χ1) is 4.38. The summed E-state index contributed by atoms with van der Waals surface area (Å²) in [5, 5.41) is 3.33. The van der Waals surface area contributed by atoms with Gasteiger partial charge in [-0.2, -0.15) is 0 Å². The zero-order valence-corrected chi connectivity index (χ0v) is 5.39. The Morgan fingerprint density at radius 3 is 2.78 bits per heavy atom. The Balaban J connectivity index is 2.06. The van der Waals surface area contributed by atoms with Gasteiger partial charge in [0.25, 0.3) is 0 Å². The molecule has 1 aliphatic carbocycles. The van der Waals surface area contributed by atoms with Gasteiger partial charge >= 0.3 is 0 Å². The molecule has 1 saturated carbocycles. The fraction of sp³-hybridized carbons (Fsp3) is 0.857. The number of Topliss-reactive ketones (excluding diaryl/α,β-unsaturated/α-hetero) is 1. The number of nitrogens with one attached hydrogen (secondary N) is 1. The minimum atomic E-state index is 0.402. The fourth-order valence-electron chi connectivity index (χ4n) is 1.70. The van der Waals surface area contributed by atoms with Crippen molar-refractivity contribution in [3.63, 3.8) is 0 Å². The molecule has 0 unspecified atom stereocenters. The van der Waals surface area contributed by atoms with E-state index in [1.165, 1.54) is 6.42 Å². The fourth-order valence-corrected chi connectivity index (χ4v) is 1.70. The van der Waals surface area contributed by atoms with Crippen molar-refractivity contribution in [2.75, 3.05) is 6.54 Å². The maximum atomic E-state index is 11.0. The van der Waals surface area contributed by atoms with Crippen LogP contribution in [0, 0.1) is 5.92 Å². The first-order valence-electron chi connectivity index (χ1n) is 3.64. The second-order valence-corrected chi connectivity index (χ2v) is 2.96. The minimum absolute atomic E-state index is 0.402. The number of ketones is 1. The van der Waals surface area contributed by atoms with E-state index in [9.17, 15) is 4.79 Å². The smallest absolute Gasteiger partial charge is 0.138 e. The molecule has 1 heterocycles. The van der Waals surface area contributed by atoms with Gasteiger partial charge in [0.15, 0.2) is 0 Å². The number of hydrogen-bond acceptors (Lipinski definition) is 2. The highest BCUT2D eigenvalue weighted by Crippen LogP contribution is 2.31. The van der Waals surface area contributed by atoms with Crippen molar-refractivity contribution in [3.05, 3.63) is 0 Å². The predicted molar refractivity (Wildman–Crippen MR) is 34.1 cm³/mol. The minimum Gasteiger partial charge on any atom is -0.313 e. The Kier molecular flexibility index (Phi) is 1.09. The summed E-state index contributed by atoms with van der Waals surface area (Å²) in [7, 11) is 0. The van der Waals surface area contributed by atoms with E-state index in [0.29, 0.717) is 17.7 Å². The molecule has 50 valence electrons. The van der Waals surface area contributed by atoms with Crippen molar-refractivity contribution in [2.24, 2.45) is 5.92 Å².